The number of benzene rings is 1. The van der Waals surface area contributed by atoms with Crippen LogP contribution in [0.1, 0.15) is 18.1 Å². The van der Waals surface area contributed by atoms with Crippen LogP contribution >= 0.6 is 11.8 Å². The number of nitrogens with zero attached hydrogens (tertiary/aromatic N) is 2. The minimum Gasteiger partial charge on any atom is -0.481 e. The van der Waals surface area contributed by atoms with Gasteiger partial charge in [-0.3, -0.25) is 0 Å². The number of rotatable bonds is 6. The molecule has 5 heteroatoms. The predicted molar refractivity (Wildman–Crippen MR) is 85.7 cm³/mol. The van der Waals surface area contributed by atoms with Gasteiger partial charge in [-0.05, 0) is 24.0 Å². The van der Waals surface area contributed by atoms with Crippen LogP contribution in [0, 0.1) is 11.3 Å². The second-order valence-corrected chi connectivity index (χ2v) is 5.55. The molecule has 21 heavy (non-hydrogen) atoms. The van der Waals surface area contributed by atoms with Crippen LogP contribution < -0.4 is 10.1 Å². The summed E-state index contributed by atoms with van der Waals surface area (Å²) in [5, 5.41) is 12.7. The standard InChI is InChI=1S/C16H17N3OS/c1-3-21-15-8-4-7-14(13(15)10-17)19-11-12-6-5-9-18-16(12)20-2/h4-9,19H,3,11H2,1-2H3. The molecule has 0 unspecified atom stereocenters. The Morgan fingerprint density at radius 1 is 1.33 bits per heavy atom. The van der Waals surface area contributed by atoms with E-state index >= 15 is 0 Å². The third-order valence-electron chi connectivity index (χ3n) is 2.95. The highest BCUT2D eigenvalue weighted by molar-refractivity contribution is 7.99. The molecule has 0 atom stereocenters. The number of thioether (sulfide) groups is 1. The van der Waals surface area contributed by atoms with Gasteiger partial charge in [0.1, 0.15) is 6.07 Å². The summed E-state index contributed by atoms with van der Waals surface area (Å²) in [7, 11) is 1.60. The lowest BCUT2D eigenvalue weighted by Gasteiger charge is -2.12. The summed E-state index contributed by atoms with van der Waals surface area (Å²) in [4.78, 5) is 5.17. The van der Waals surface area contributed by atoms with E-state index in [1.165, 1.54) is 0 Å². The van der Waals surface area contributed by atoms with Gasteiger partial charge in [0, 0.05) is 23.2 Å². The molecule has 4 nitrogen and oxygen atoms in total. The van der Waals surface area contributed by atoms with Crippen molar-refractivity contribution in [2.24, 2.45) is 0 Å². The molecule has 0 bridgehead atoms. The van der Waals surface area contributed by atoms with E-state index in [0.717, 1.165) is 21.9 Å². The molecule has 0 radical (unpaired) electrons. The first kappa shape index (κ1) is 15.2. The van der Waals surface area contributed by atoms with Gasteiger partial charge in [0.2, 0.25) is 5.88 Å². The lowest BCUT2D eigenvalue weighted by molar-refractivity contribution is 0.393. The Bertz CT molecular complexity index is 652. The Morgan fingerprint density at radius 3 is 2.90 bits per heavy atom. The Morgan fingerprint density at radius 2 is 2.19 bits per heavy atom. The molecule has 108 valence electrons. The van der Waals surface area contributed by atoms with Gasteiger partial charge in [-0.25, -0.2) is 4.98 Å². The topological polar surface area (TPSA) is 57.9 Å². The van der Waals surface area contributed by atoms with Crippen molar-refractivity contribution in [1.29, 1.82) is 5.26 Å². The summed E-state index contributed by atoms with van der Waals surface area (Å²) < 4.78 is 5.23. The summed E-state index contributed by atoms with van der Waals surface area (Å²) in [6, 6.07) is 12.0. The summed E-state index contributed by atoms with van der Waals surface area (Å²) in [6.45, 7) is 2.64. The second kappa shape index (κ2) is 7.55. The molecule has 2 rings (SSSR count). The minimum absolute atomic E-state index is 0.561. The van der Waals surface area contributed by atoms with Gasteiger partial charge in [-0.1, -0.05) is 19.1 Å². The quantitative estimate of drug-likeness (QED) is 0.824. The lowest BCUT2D eigenvalue weighted by Crippen LogP contribution is -2.04. The highest BCUT2D eigenvalue weighted by Gasteiger charge is 2.09. The lowest BCUT2D eigenvalue weighted by atomic mass is 10.2. The van der Waals surface area contributed by atoms with Crippen LogP contribution in [0.4, 0.5) is 5.69 Å². The molecule has 0 saturated heterocycles. The molecule has 0 aliphatic rings. The van der Waals surface area contributed by atoms with E-state index in [1.54, 1.807) is 25.1 Å². The highest BCUT2D eigenvalue weighted by Crippen LogP contribution is 2.28. The fourth-order valence-electron chi connectivity index (χ4n) is 2.00. The van der Waals surface area contributed by atoms with E-state index in [2.05, 4.69) is 23.3 Å². The molecule has 1 aromatic carbocycles. The Hall–Kier alpha value is -2.19. The third-order valence-corrected chi connectivity index (χ3v) is 3.89. The number of hydrogen-bond donors (Lipinski definition) is 1. The Labute approximate surface area is 129 Å². The van der Waals surface area contributed by atoms with E-state index in [9.17, 15) is 5.26 Å². The van der Waals surface area contributed by atoms with Crippen molar-refractivity contribution in [3.8, 4) is 11.9 Å². The molecule has 1 heterocycles. The zero-order chi connectivity index (χ0) is 15.1. The summed E-state index contributed by atoms with van der Waals surface area (Å²) >= 11 is 1.67. The molecule has 1 aromatic heterocycles. The van der Waals surface area contributed by atoms with Gasteiger partial charge in [0.05, 0.1) is 18.4 Å². The highest BCUT2D eigenvalue weighted by atomic mass is 32.2. The zero-order valence-electron chi connectivity index (χ0n) is 12.1. The van der Waals surface area contributed by atoms with Crippen molar-refractivity contribution in [3.05, 3.63) is 47.7 Å². The fourth-order valence-corrected chi connectivity index (χ4v) is 2.79. The number of nitrogens with one attached hydrogen (secondary N) is 1. The van der Waals surface area contributed by atoms with Crippen LogP contribution in [0.25, 0.3) is 0 Å². The van der Waals surface area contributed by atoms with Crippen molar-refractivity contribution < 1.29 is 4.74 Å². The van der Waals surface area contributed by atoms with Gasteiger partial charge >= 0.3 is 0 Å². The van der Waals surface area contributed by atoms with E-state index in [1.807, 2.05) is 30.3 Å². The number of nitriles is 1. The Balaban J connectivity index is 2.20. The van der Waals surface area contributed by atoms with E-state index in [4.69, 9.17) is 4.74 Å². The molecule has 0 aliphatic carbocycles. The first-order chi connectivity index (χ1) is 10.3. The monoisotopic (exact) mass is 299 g/mol. The maximum Gasteiger partial charge on any atom is 0.218 e. The van der Waals surface area contributed by atoms with Crippen LogP contribution in [0.2, 0.25) is 0 Å². The number of aromatic nitrogens is 1. The van der Waals surface area contributed by atoms with Gasteiger partial charge in [0.25, 0.3) is 0 Å². The molecule has 2 aromatic rings. The predicted octanol–water partition coefficient (Wildman–Crippen LogP) is 3.69. The number of hydrogen-bond acceptors (Lipinski definition) is 5. The average molecular weight is 299 g/mol. The number of methoxy groups -OCH3 is 1. The minimum atomic E-state index is 0.561. The first-order valence-electron chi connectivity index (χ1n) is 6.67. The van der Waals surface area contributed by atoms with Crippen molar-refractivity contribution in [2.75, 3.05) is 18.2 Å². The SMILES string of the molecule is CCSc1cccc(NCc2cccnc2OC)c1C#N. The molecule has 0 fully saturated rings. The maximum absolute atomic E-state index is 9.38. The number of anilines is 1. The third kappa shape index (κ3) is 3.67. The van der Waals surface area contributed by atoms with Gasteiger partial charge < -0.3 is 10.1 Å². The molecule has 0 aliphatic heterocycles. The molecule has 0 spiro atoms. The number of pyridine rings is 1. The van der Waals surface area contributed by atoms with E-state index in [0.29, 0.717) is 18.0 Å². The van der Waals surface area contributed by atoms with E-state index in [-0.39, 0.29) is 0 Å². The number of ether oxygens (including phenoxy) is 1. The van der Waals surface area contributed by atoms with E-state index < -0.39 is 0 Å². The second-order valence-electron chi connectivity index (χ2n) is 4.25. The largest absolute Gasteiger partial charge is 0.481 e. The van der Waals surface area contributed by atoms with Gasteiger partial charge in [-0.15, -0.1) is 11.8 Å². The fraction of sp³-hybridized carbons (Fsp3) is 0.250. The van der Waals surface area contributed by atoms with Crippen LogP contribution in [0.15, 0.2) is 41.4 Å². The van der Waals surface area contributed by atoms with Crippen molar-refractivity contribution in [1.82, 2.24) is 4.98 Å². The van der Waals surface area contributed by atoms with Crippen molar-refractivity contribution >= 4 is 17.4 Å². The maximum atomic E-state index is 9.38. The van der Waals surface area contributed by atoms with Crippen LogP contribution in [0.5, 0.6) is 5.88 Å². The zero-order valence-corrected chi connectivity index (χ0v) is 12.9. The normalized spacial score (nSPS) is 9.95. The Kier molecular flexibility index (Phi) is 5.47. The van der Waals surface area contributed by atoms with Gasteiger partial charge in [0.15, 0.2) is 0 Å². The average Bonchev–Trinajstić information content (AvgIpc) is 2.53. The molecular formula is C16H17N3OS. The molecule has 0 saturated carbocycles. The van der Waals surface area contributed by atoms with Crippen LogP contribution in [-0.4, -0.2) is 17.8 Å². The summed E-state index contributed by atoms with van der Waals surface area (Å²) in [5.74, 6) is 1.54. The summed E-state index contributed by atoms with van der Waals surface area (Å²) in [5.41, 5.74) is 2.48. The first-order valence-corrected chi connectivity index (χ1v) is 7.66. The molecule has 0 amide bonds. The molecular weight excluding hydrogens is 282 g/mol. The van der Waals surface area contributed by atoms with Crippen molar-refractivity contribution in [2.45, 2.75) is 18.4 Å². The van der Waals surface area contributed by atoms with Gasteiger partial charge in [-0.2, -0.15) is 5.26 Å². The van der Waals surface area contributed by atoms with Crippen LogP contribution in [-0.2, 0) is 6.54 Å². The van der Waals surface area contributed by atoms with Crippen LogP contribution in [0.3, 0.4) is 0 Å². The van der Waals surface area contributed by atoms with Crippen molar-refractivity contribution in [3.63, 3.8) is 0 Å². The summed E-state index contributed by atoms with van der Waals surface area (Å²) in [6.07, 6.45) is 1.70. The molecule has 1 N–H and O–H groups in total. The smallest absolute Gasteiger partial charge is 0.218 e.